The maximum absolute atomic E-state index is 12.2. The van der Waals surface area contributed by atoms with Gasteiger partial charge in [-0.2, -0.15) is 0 Å². The Bertz CT molecular complexity index is 792. The molecule has 2 aliphatic rings. The second kappa shape index (κ2) is 10.2. The van der Waals surface area contributed by atoms with Crippen LogP contribution >= 0.6 is 12.4 Å². The molecule has 0 bridgehead atoms. The first kappa shape index (κ1) is 22.6. The highest BCUT2D eigenvalue weighted by atomic mass is 35.5. The van der Waals surface area contributed by atoms with E-state index in [1.807, 2.05) is 0 Å². The Labute approximate surface area is 173 Å². The van der Waals surface area contributed by atoms with Crippen molar-refractivity contribution in [3.63, 3.8) is 0 Å². The fourth-order valence-corrected chi connectivity index (χ4v) is 4.51. The van der Waals surface area contributed by atoms with E-state index in [4.69, 9.17) is 0 Å². The number of sulfone groups is 1. The van der Waals surface area contributed by atoms with E-state index in [1.165, 1.54) is 5.56 Å². The van der Waals surface area contributed by atoms with Crippen molar-refractivity contribution >= 4 is 34.0 Å². The van der Waals surface area contributed by atoms with Crippen LogP contribution in [0.4, 0.5) is 0 Å². The Morgan fingerprint density at radius 1 is 1.29 bits per heavy atom. The first-order chi connectivity index (χ1) is 13.0. The van der Waals surface area contributed by atoms with Crippen molar-refractivity contribution in [1.82, 2.24) is 15.5 Å². The zero-order valence-electron chi connectivity index (χ0n) is 16.2. The number of carbonyl (C=O) groups is 1. The third kappa shape index (κ3) is 6.46. The van der Waals surface area contributed by atoms with Crippen LogP contribution in [0.1, 0.15) is 30.4 Å². The summed E-state index contributed by atoms with van der Waals surface area (Å²) in [4.78, 5) is 18.3. The van der Waals surface area contributed by atoms with Crippen LogP contribution in [0.15, 0.2) is 29.3 Å². The molecule has 1 fully saturated rings. The minimum Gasteiger partial charge on any atom is -0.368 e. The number of hydrogen-bond acceptors (Lipinski definition) is 6. The lowest BCUT2D eigenvalue weighted by Crippen LogP contribution is -2.33. The zero-order valence-corrected chi connectivity index (χ0v) is 17.8. The third-order valence-electron chi connectivity index (χ3n) is 4.91. The molecule has 156 valence electrons. The van der Waals surface area contributed by atoms with Crippen molar-refractivity contribution in [2.75, 3.05) is 39.1 Å². The van der Waals surface area contributed by atoms with Crippen LogP contribution < -0.4 is 10.6 Å². The summed E-state index contributed by atoms with van der Waals surface area (Å²) < 4.78 is 23.5. The number of likely N-dealkylation sites (N-methyl/N-ethyl adjacent to an activating group) is 1. The van der Waals surface area contributed by atoms with Gasteiger partial charge in [0.05, 0.1) is 17.7 Å². The summed E-state index contributed by atoms with van der Waals surface area (Å²) >= 11 is 0. The number of rotatable bonds is 10. The molecule has 7 nitrogen and oxygen atoms in total. The minimum absolute atomic E-state index is 0. The summed E-state index contributed by atoms with van der Waals surface area (Å²) in [6.45, 7) is 2.74. The van der Waals surface area contributed by atoms with Gasteiger partial charge < -0.3 is 15.5 Å². The van der Waals surface area contributed by atoms with Crippen LogP contribution in [-0.2, 0) is 21.1 Å². The van der Waals surface area contributed by atoms with E-state index in [9.17, 15) is 13.2 Å². The number of carbonyl (C=O) groups excluding carboxylic acids is 1. The third-order valence-corrected chi connectivity index (χ3v) is 7.01. The normalized spacial score (nSPS) is 16.1. The molecule has 1 aliphatic heterocycles. The quantitative estimate of drug-likeness (QED) is 0.542. The molecule has 1 saturated carbocycles. The SMILES string of the molecule is CN(CCc1ccc(C2=NCCN2)cc1)C(=O)CCNCS(=O)(=O)C1CC1.Cl. The molecule has 0 aromatic heterocycles. The van der Waals surface area contributed by atoms with Gasteiger partial charge in [-0.25, -0.2) is 8.42 Å². The summed E-state index contributed by atoms with van der Waals surface area (Å²) in [6.07, 6.45) is 2.64. The molecule has 9 heteroatoms. The number of amides is 1. The second-order valence-corrected chi connectivity index (χ2v) is 9.46. The first-order valence-electron chi connectivity index (χ1n) is 9.49. The van der Waals surface area contributed by atoms with Crippen molar-refractivity contribution in [3.05, 3.63) is 35.4 Å². The van der Waals surface area contributed by atoms with Crippen molar-refractivity contribution in [2.45, 2.75) is 30.9 Å². The molecule has 1 aliphatic carbocycles. The molecule has 2 N–H and O–H groups in total. The summed E-state index contributed by atoms with van der Waals surface area (Å²) in [5.41, 5.74) is 2.26. The highest BCUT2D eigenvalue weighted by Crippen LogP contribution is 2.28. The van der Waals surface area contributed by atoms with Gasteiger partial charge in [-0.15, -0.1) is 12.4 Å². The maximum atomic E-state index is 12.2. The molecule has 0 atom stereocenters. The molecular formula is C19H29ClN4O3S. The fourth-order valence-electron chi connectivity index (χ4n) is 2.99. The van der Waals surface area contributed by atoms with Crippen LogP contribution in [0.2, 0.25) is 0 Å². The van der Waals surface area contributed by atoms with Gasteiger partial charge in [-0.1, -0.05) is 24.3 Å². The Morgan fingerprint density at radius 3 is 2.61 bits per heavy atom. The maximum Gasteiger partial charge on any atom is 0.223 e. The number of aliphatic imine (C=N–C) groups is 1. The van der Waals surface area contributed by atoms with Crippen LogP contribution in [0.5, 0.6) is 0 Å². The Hall–Kier alpha value is -1.64. The summed E-state index contributed by atoms with van der Waals surface area (Å²) in [5, 5.41) is 5.98. The topological polar surface area (TPSA) is 90.9 Å². The molecule has 0 spiro atoms. The lowest BCUT2D eigenvalue weighted by atomic mass is 10.1. The fraction of sp³-hybridized carbons (Fsp3) is 0.579. The average Bonchev–Trinajstić information content (AvgIpc) is 3.40. The number of benzene rings is 1. The summed E-state index contributed by atoms with van der Waals surface area (Å²) in [7, 11) is -1.22. The van der Waals surface area contributed by atoms with Crippen LogP contribution in [0, 0.1) is 0 Å². The average molecular weight is 429 g/mol. The van der Waals surface area contributed by atoms with E-state index in [0.29, 0.717) is 19.5 Å². The number of nitrogens with one attached hydrogen (secondary N) is 2. The van der Waals surface area contributed by atoms with Gasteiger partial charge in [0, 0.05) is 38.7 Å². The van der Waals surface area contributed by atoms with Crippen LogP contribution in [0.25, 0.3) is 0 Å². The highest BCUT2D eigenvalue weighted by Gasteiger charge is 2.34. The monoisotopic (exact) mass is 428 g/mol. The predicted octanol–water partition coefficient (Wildman–Crippen LogP) is 0.974. The van der Waals surface area contributed by atoms with Gasteiger partial charge in [0.15, 0.2) is 9.84 Å². The van der Waals surface area contributed by atoms with Gasteiger partial charge in [-0.05, 0) is 24.8 Å². The van der Waals surface area contributed by atoms with Gasteiger partial charge in [-0.3, -0.25) is 9.79 Å². The van der Waals surface area contributed by atoms with Crippen molar-refractivity contribution in [2.24, 2.45) is 4.99 Å². The molecule has 3 rings (SSSR count). The molecule has 0 unspecified atom stereocenters. The Morgan fingerprint density at radius 2 is 2.00 bits per heavy atom. The lowest BCUT2D eigenvalue weighted by Gasteiger charge is -2.17. The molecule has 1 amide bonds. The Kier molecular flexibility index (Phi) is 8.27. The van der Waals surface area contributed by atoms with Gasteiger partial charge >= 0.3 is 0 Å². The van der Waals surface area contributed by atoms with Crippen molar-refractivity contribution in [3.8, 4) is 0 Å². The first-order valence-corrected chi connectivity index (χ1v) is 11.2. The number of nitrogens with zero attached hydrogens (tertiary/aromatic N) is 2. The Balaban J connectivity index is 0.00000280. The summed E-state index contributed by atoms with van der Waals surface area (Å²) in [5.74, 6) is 0.943. The van der Waals surface area contributed by atoms with Crippen LogP contribution in [-0.4, -0.2) is 69.4 Å². The van der Waals surface area contributed by atoms with E-state index < -0.39 is 9.84 Å². The summed E-state index contributed by atoms with van der Waals surface area (Å²) in [6, 6.07) is 8.25. The van der Waals surface area contributed by atoms with Gasteiger partial charge in [0.1, 0.15) is 5.84 Å². The van der Waals surface area contributed by atoms with Crippen molar-refractivity contribution in [1.29, 1.82) is 0 Å². The van der Waals surface area contributed by atoms with Crippen LogP contribution in [0.3, 0.4) is 0 Å². The largest absolute Gasteiger partial charge is 0.368 e. The lowest BCUT2D eigenvalue weighted by molar-refractivity contribution is -0.129. The van der Waals surface area contributed by atoms with E-state index in [0.717, 1.165) is 43.8 Å². The minimum atomic E-state index is -3.01. The van der Waals surface area contributed by atoms with E-state index >= 15 is 0 Å². The molecule has 1 aromatic rings. The molecular weight excluding hydrogens is 400 g/mol. The van der Waals surface area contributed by atoms with Gasteiger partial charge in [0.25, 0.3) is 0 Å². The molecule has 0 radical (unpaired) electrons. The molecule has 1 heterocycles. The molecule has 0 saturated heterocycles. The molecule has 28 heavy (non-hydrogen) atoms. The number of halogens is 1. The smallest absolute Gasteiger partial charge is 0.223 e. The number of hydrogen-bond donors (Lipinski definition) is 2. The second-order valence-electron chi connectivity index (χ2n) is 7.18. The van der Waals surface area contributed by atoms with E-state index in [2.05, 4.69) is 39.9 Å². The van der Waals surface area contributed by atoms with E-state index in [-0.39, 0.29) is 29.4 Å². The standard InChI is InChI=1S/C19H28N4O3S.ClH/c1-23(18(24)8-10-20-14-27(25,26)17-6-7-17)13-9-15-2-4-16(5-3-15)19-21-11-12-22-19;/h2-5,17,20H,6-14H2,1H3,(H,21,22);1H. The van der Waals surface area contributed by atoms with E-state index in [1.54, 1.807) is 11.9 Å². The number of amidine groups is 1. The predicted molar refractivity (Wildman–Crippen MR) is 114 cm³/mol. The molecule has 1 aromatic carbocycles. The highest BCUT2D eigenvalue weighted by molar-refractivity contribution is 7.92. The van der Waals surface area contributed by atoms with Gasteiger partial charge in [0.2, 0.25) is 5.91 Å². The van der Waals surface area contributed by atoms with Crippen molar-refractivity contribution < 1.29 is 13.2 Å². The zero-order chi connectivity index (χ0) is 19.3.